The Morgan fingerprint density at radius 2 is 1.47 bits per heavy atom. The van der Waals surface area contributed by atoms with Crippen molar-refractivity contribution in [3.05, 3.63) is 87.5 Å². The molecule has 0 aliphatic rings. The van der Waals surface area contributed by atoms with E-state index in [-0.39, 0.29) is 28.3 Å². The highest BCUT2D eigenvalue weighted by atomic mass is 32.2. The van der Waals surface area contributed by atoms with Gasteiger partial charge in [-0.05, 0) is 110 Å². The van der Waals surface area contributed by atoms with E-state index in [4.69, 9.17) is 4.74 Å². The Kier molecular flexibility index (Phi) is 8.14. The lowest BCUT2D eigenvalue weighted by Crippen LogP contribution is -2.27. The maximum atomic E-state index is 13.2. The minimum absolute atomic E-state index is 0.0738. The van der Waals surface area contributed by atoms with Crippen molar-refractivity contribution in [2.75, 3.05) is 11.8 Å². The summed E-state index contributed by atoms with van der Waals surface area (Å²) in [5, 5.41) is 3.02. The number of anilines is 1. The Balaban J connectivity index is 1.88. The Labute approximate surface area is 215 Å². The molecule has 6 nitrogen and oxygen atoms in total. The second-order valence-electron chi connectivity index (χ2n) is 9.76. The molecule has 0 spiro atoms. The van der Waals surface area contributed by atoms with Crippen LogP contribution in [0.4, 0.5) is 5.69 Å². The highest BCUT2D eigenvalue weighted by Gasteiger charge is 2.22. The first-order valence-corrected chi connectivity index (χ1v) is 13.5. The van der Waals surface area contributed by atoms with Gasteiger partial charge in [0.15, 0.2) is 0 Å². The van der Waals surface area contributed by atoms with Gasteiger partial charge in [0, 0.05) is 11.3 Å². The average molecular weight is 509 g/mol. The molecule has 3 aromatic carbocycles. The number of hydrogen-bond donors (Lipinski definition) is 2. The highest BCUT2D eigenvalue weighted by molar-refractivity contribution is 7.92. The number of carbonyl (C=O) groups excluding carboxylic acids is 1. The van der Waals surface area contributed by atoms with E-state index in [0.717, 1.165) is 33.6 Å². The van der Waals surface area contributed by atoms with E-state index >= 15 is 0 Å². The Morgan fingerprint density at radius 3 is 2.06 bits per heavy atom. The van der Waals surface area contributed by atoms with Crippen LogP contribution in [0.1, 0.15) is 76.5 Å². The molecule has 7 heteroatoms. The molecule has 0 unspecified atom stereocenters. The monoisotopic (exact) mass is 508 g/mol. The molecule has 0 bridgehead atoms. The molecular weight excluding hydrogens is 472 g/mol. The van der Waals surface area contributed by atoms with Gasteiger partial charge in [0.2, 0.25) is 0 Å². The molecule has 0 aliphatic carbocycles. The van der Waals surface area contributed by atoms with Crippen LogP contribution in [-0.4, -0.2) is 21.4 Å². The molecule has 1 atom stereocenters. The summed E-state index contributed by atoms with van der Waals surface area (Å²) in [6, 6.07) is 14.0. The molecule has 0 saturated heterocycles. The quantitative estimate of drug-likeness (QED) is 0.372. The average Bonchev–Trinajstić information content (AvgIpc) is 2.77. The third-order valence-corrected chi connectivity index (χ3v) is 7.79. The van der Waals surface area contributed by atoms with Crippen molar-refractivity contribution in [2.45, 2.75) is 65.3 Å². The summed E-state index contributed by atoms with van der Waals surface area (Å²) in [5.74, 6) is 0.748. The lowest BCUT2D eigenvalue weighted by molar-refractivity contribution is 0.0939. The third kappa shape index (κ3) is 6.08. The zero-order valence-corrected chi connectivity index (χ0v) is 23.1. The largest absolute Gasteiger partial charge is 0.496 e. The lowest BCUT2D eigenvalue weighted by atomic mass is 9.93. The number of benzene rings is 3. The minimum atomic E-state index is -3.89. The second kappa shape index (κ2) is 10.7. The molecule has 3 rings (SSSR count). The van der Waals surface area contributed by atoms with Crippen molar-refractivity contribution >= 4 is 21.6 Å². The molecule has 3 aromatic rings. The Morgan fingerprint density at radius 1 is 0.833 bits per heavy atom. The van der Waals surface area contributed by atoms with Crippen LogP contribution in [0, 0.1) is 27.7 Å². The summed E-state index contributed by atoms with van der Waals surface area (Å²) in [6.45, 7) is 13.6. The molecule has 192 valence electrons. The third-order valence-electron chi connectivity index (χ3n) is 6.27. The second-order valence-corrected chi connectivity index (χ2v) is 11.4. The van der Waals surface area contributed by atoms with Gasteiger partial charge in [0.1, 0.15) is 5.75 Å². The maximum Gasteiger partial charge on any atom is 0.262 e. The normalized spacial score (nSPS) is 12.4. The van der Waals surface area contributed by atoms with E-state index in [9.17, 15) is 13.2 Å². The summed E-state index contributed by atoms with van der Waals surface area (Å²) >= 11 is 0. The highest BCUT2D eigenvalue weighted by Crippen LogP contribution is 2.32. The van der Waals surface area contributed by atoms with Gasteiger partial charge in [0.25, 0.3) is 15.9 Å². The van der Waals surface area contributed by atoms with E-state index in [1.165, 1.54) is 6.07 Å². The van der Waals surface area contributed by atoms with Gasteiger partial charge in [0.05, 0.1) is 18.0 Å². The Hall–Kier alpha value is -3.32. The van der Waals surface area contributed by atoms with Crippen molar-refractivity contribution in [1.82, 2.24) is 5.32 Å². The number of hydrogen-bond acceptors (Lipinski definition) is 4. The number of amides is 1. The van der Waals surface area contributed by atoms with Gasteiger partial charge >= 0.3 is 0 Å². The van der Waals surface area contributed by atoms with Crippen LogP contribution in [0.3, 0.4) is 0 Å². The van der Waals surface area contributed by atoms with Crippen LogP contribution < -0.4 is 14.8 Å². The number of rotatable bonds is 8. The van der Waals surface area contributed by atoms with Crippen molar-refractivity contribution in [3.8, 4) is 5.75 Å². The first kappa shape index (κ1) is 27.3. The van der Waals surface area contributed by atoms with Crippen LogP contribution in [0.15, 0.2) is 53.4 Å². The van der Waals surface area contributed by atoms with Crippen molar-refractivity contribution in [3.63, 3.8) is 0 Å². The standard InChI is InChI=1S/C29H36N2O4S/c1-17(2)25-16-26(21(6)14-27(25)35-8)22(7)30-29(32)23-10-9-20(5)28(15-23)36(33,34)31-24-12-18(3)11-19(4)13-24/h9-17,22,31H,1-8H3,(H,30,32)/t22-/m0/s1. The smallest absolute Gasteiger partial charge is 0.262 e. The van der Waals surface area contributed by atoms with Gasteiger partial charge in [-0.1, -0.05) is 26.0 Å². The molecule has 0 heterocycles. The van der Waals surface area contributed by atoms with Crippen LogP contribution in [-0.2, 0) is 10.0 Å². The summed E-state index contributed by atoms with van der Waals surface area (Å²) in [5.41, 5.74) is 6.32. The molecule has 0 aliphatic heterocycles. The van der Waals surface area contributed by atoms with Crippen LogP contribution in [0.2, 0.25) is 0 Å². The molecule has 0 saturated carbocycles. The zero-order chi connectivity index (χ0) is 26.8. The van der Waals surface area contributed by atoms with Gasteiger partial charge in [-0.25, -0.2) is 8.42 Å². The lowest BCUT2D eigenvalue weighted by Gasteiger charge is -2.21. The fourth-order valence-corrected chi connectivity index (χ4v) is 5.75. The van der Waals surface area contributed by atoms with E-state index in [0.29, 0.717) is 11.3 Å². The Bertz CT molecular complexity index is 1370. The molecular formula is C29H36N2O4S. The van der Waals surface area contributed by atoms with Crippen molar-refractivity contribution in [1.29, 1.82) is 0 Å². The predicted molar refractivity (Wildman–Crippen MR) is 146 cm³/mol. The fourth-order valence-electron chi connectivity index (χ4n) is 4.44. The van der Waals surface area contributed by atoms with Gasteiger partial charge < -0.3 is 10.1 Å². The fraction of sp³-hybridized carbons (Fsp3) is 0.345. The SMILES string of the molecule is COc1cc(C)c([C@H](C)NC(=O)c2ccc(C)c(S(=O)(=O)Nc3cc(C)cc(C)c3)c2)cc1C(C)C. The molecule has 2 N–H and O–H groups in total. The van der Waals surface area contributed by atoms with Gasteiger partial charge in [-0.15, -0.1) is 0 Å². The van der Waals surface area contributed by atoms with Crippen molar-refractivity contribution < 1.29 is 17.9 Å². The molecule has 0 radical (unpaired) electrons. The first-order valence-electron chi connectivity index (χ1n) is 12.0. The minimum Gasteiger partial charge on any atom is -0.496 e. The zero-order valence-electron chi connectivity index (χ0n) is 22.3. The van der Waals surface area contributed by atoms with Gasteiger partial charge in [-0.3, -0.25) is 9.52 Å². The van der Waals surface area contributed by atoms with Crippen LogP contribution in [0.25, 0.3) is 0 Å². The van der Waals surface area contributed by atoms with Gasteiger partial charge in [-0.2, -0.15) is 0 Å². The summed E-state index contributed by atoms with van der Waals surface area (Å²) in [4.78, 5) is 13.2. The van der Waals surface area contributed by atoms with E-state index in [1.54, 1.807) is 38.3 Å². The number of ether oxygens (including phenoxy) is 1. The number of nitrogens with one attached hydrogen (secondary N) is 2. The first-order chi connectivity index (χ1) is 16.8. The summed E-state index contributed by atoms with van der Waals surface area (Å²) in [6.07, 6.45) is 0. The molecule has 1 amide bonds. The van der Waals surface area contributed by atoms with E-state index < -0.39 is 10.0 Å². The predicted octanol–water partition coefficient (Wildman–Crippen LogP) is 6.34. The van der Waals surface area contributed by atoms with Crippen molar-refractivity contribution in [2.24, 2.45) is 0 Å². The van der Waals surface area contributed by atoms with E-state index in [1.807, 2.05) is 39.8 Å². The number of aryl methyl sites for hydroxylation is 4. The molecule has 36 heavy (non-hydrogen) atoms. The maximum absolute atomic E-state index is 13.2. The number of methoxy groups -OCH3 is 1. The number of carbonyl (C=O) groups is 1. The summed E-state index contributed by atoms with van der Waals surface area (Å²) < 4.78 is 34.6. The van der Waals surface area contributed by atoms with Crippen LogP contribution >= 0.6 is 0 Å². The number of sulfonamides is 1. The molecule has 0 fully saturated rings. The van der Waals surface area contributed by atoms with E-state index in [2.05, 4.69) is 30.0 Å². The topological polar surface area (TPSA) is 84.5 Å². The van der Waals surface area contributed by atoms with Crippen LogP contribution in [0.5, 0.6) is 5.75 Å². The summed E-state index contributed by atoms with van der Waals surface area (Å²) in [7, 11) is -2.23. The molecule has 0 aromatic heterocycles.